The van der Waals surface area contributed by atoms with E-state index in [-0.39, 0.29) is 11.9 Å². The summed E-state index contributed by atoms with van der Waals surface area (Å²) in [5.41, 5.74) is 1.95. The largest absolute Gasteiger partial charge is 0.481 e. The third-order valence-corrected chi connectivity index (χ3v) is 4.86. The molecule has 0 aliphatic heterocycles. The molecular weight excluding hydrogens is 370 g/mol. The number of carbonyl (C=O) groups excluding carboxylic acids is 1. The van der Waals surface area contributed by atoms with Crippen LogP contribution in [0, 0.1) is 0 Å². The van der Waals surface area contributed by atoms with Gasteiger partial charge in [0.05, 0.1) is 6.20 Å². The van der Waals surface area contributed by atoms with Gasteiger partial charge in [-0.15, -0.1) is 0 Å². The van der Waals surface area contributed by atoms with Crippen LogP contribution in [0.1, 0.15) is 38.8 Å². The van der Waals surface area contributed by atoms with Gasteiger partial charge in [-0.1, -0.05) is 6.92 Å². The molecule has 0 spiro atoms. The molecule has 1 amide bonds. The first-order valence-corrected chi connectivity index (χ1v) is 9.80. The molecule has 1 atom stereocenters. The highest BCUT2D eigenvalue weighted by atomic mass is 16.5. The molecule has 0 radical (unpaired) electrons. The topological polar surface area (TPSA) is 77.6 Å². The first kappa shape index (κ1) is 20.6. The zero-order valence-electron chi connectivity index (χ0n) is 17.5. The van der Waals surface area contributed by atoms with Gasteiger partial charge < -0.3 is 14.1 Å². The van der Waals surface area contributed by atoms with Crippen LogP contribution in [0.15, 0.2) is 45.9 Å². The zero-order chi connectivity index (χ0) is 21.1. The molecule has 3 aromatic rings. The van der Waals surface area contributed by atoms with E-state index in [1.165, 1.54) is 6.07 Å². The van der Waals surface area contributed by atoms with Crippen LogP contribution in [0.3, 0.4) is 0 Å². The number of rotatable bonds is 7. The molecule has 0 aliphatic carbocycles. The second-order valence-electron chi connectivity index (χ2n) is 7.44. The van der Waals surface area contributed by atoms with Gasteiger partial charge in [-0.05, 0) is 44.9 Å². The summed E-state index contributed by atoms with van der Waals surface area (Å²) >= 11 is 0. The molecule has 154 valence electrons. The molecule has 7 nitrogen and oxygen atoms in total. The monoisotopic (exact) mass is 397 g/mol. The van der Waals surface area contributed by atoms with Gasteiger partial charge in [-0.3, -0.25) is 9.48 Å². The summed E-state index contributed by atoms with van der Waals surface area (Å²) in [4.78, 5) is 26.5. The van der Waals surface area contributed by atoms with E-state index in [9.17, 15) is 9.59 Å². The number of carbonyl (C=O) groups is 1. The highest BCUT2D eigenvalue weighted by molar-refractivity contribution is 5.83. The highest BCUT2D eigenvalue weighted by Crippen LogP contribution is 2.24. The molecule has 3 rings (SSSR count). The molecule has 0 aliphatic rings. The predicted octanol–water partition coefficient (Wildman–Crippen LogP) is 3.29. The SMILES string of the molecule is CCc1cc(=O)oc2cc(OC(C)C(=O)N(Cc3cnn(C)c3)C(C)C)ccc12. The lowest BCUT2D eigenvalue weighted by Crippen LogP contribution is -2.43. The third kappa shape index (κ3) is 4.67. The van der Waals surface area contributed by atoms with Gasteiger partial charge in [-0.25, -0.2) is 4.79 Å². The summed E-state index contributed by atoms with van der Waals surface area (Å²) in [6.45, 7) is 8.12. The Morgan fingerprint density at radius 1 is 1.28 bits per heavy atom. The van der Waals surface area contributed by atoms with Crippen molar-refractivity contribution in [3.63, 3.8) is 0 Å². The number of benzene rings is 1. The summed E-state index contributed by atoms with van der Waals surface area (Å²) in [6, 6.07) is 6.84. The Hall–Kier alpha value is -3.09. The Morgan fingerprint density at radius 3 is 2.66 bits per heavy atom. The fourth-order valence-corrected chi connectivity index (χ4v) is 3.33. The van der Waals surface area contributed by atoms with E-state index in [1.54, 1.807) is 34.8 Å². The summed E-state index contributed by atoms with van der Waals surface area (Å²) in [5.74, 6) is 0.368. The van der Waals surface area contributed by atoms with Crippen molar-refractivity contribution in [1.29, 1.82) is 0 Å². The Morgan fingerprint density at radius 2 is 2.03 bits per heavy atom. The Balaban J connectivity index is 1.79. The summed E-state index contributed by atoms with van der Waals surface area (Å²) in [5, 5.41) is 5.04. The molecular formula is C22H27N3O4. The minimum absolute atomic E-state index is 0.00972. The number of ether oxygens (including phenoxy) is 1. The van der Waals surface area contributed by atoms with Crippen molar-refractivity contribution >= 4 is 16.9 Å². The Bertz CT molecular complexity index is 1070. The van der Waals surface area contributed by atoms with E-state index >= 15 is 0 Å². The van der Waals surface area contributed by atoms with Crippen LogP contribution in [0.2, 0.25) is 0 Å². The maximum Gasteiger partial charge on any atom is 0.336 e. The normalized spacial score (nSPS) is 12.3. The minimum atomic E-state index is -0.687. The number of hydrogen-bond donors (Lipinski definition) is 0. The standard InChI is InChI=1S/C22H27N3O4/c1-6-17-9-21(26)29-20-10-18(7-8-19(17)20)28-15(4)22(27)25(14(2)3)13-16-11-23-24(5)12-16/h7-12,14-15H,6,13H2,1-5H3. The molecule has 1 aromatic carbocycles. The smallest absolute Gasteiger partial charge is 0.336 e. The number of amides is 1. The maximum atomic E-state index is 13.0. The van der Waals surface area contributed by atoms with Crippen molar-refractivity contribution in [2.24, 2.45) is 7.05 Å². The van der Waals surface area contributed by atoms with Gasteiger partial charge in [0.25, 0.3) is 5.91 Å². The van der Waals surface area contributed by atoms with Gasteiger partial charge in [0.15, 0.2) is 6.10 Å². The van der Waals surface area contributed by atoms with E-state index in [1.807, 2.05) is 40.1 Å². The van der Waals surface area contributed by atoms with Crippen LogP contribution in [-0.2, 0) is 24.8 Å². The van der Waals surface area contributed by atoms with Crippen molar-refractivity contribution in [3.8, 4) is 5.75 Å². The van der Waals surface area contributed by atoms with E-state index in [4.69, 9.17) is 9.15 Å². The minimum Gasteiger partial charge on any atom is -0.481 e. The predicted molar refractivity (Wildman–Crippen MR) is 111 cm³/mol. The van der Waals surface area contributed by atoms with Crippen molar-refractivity contribution < 1.29 is 13.9 Å². The number of aryl methyl sites for hydroxylation is 2. The highest BCUT2D eigenvalue weighted by Gasteiger charge is 2.25. The second-order valence-corrected chi connectivity index (χ2v) is 7.44. The first-order chi connectivity index (χ1) is 13.8. The molecule has 29 heavy (non-hydrogen) atoms. The van der Waals surface area contributed by atoms with Crippen LogP contribution in [0.4, 0.5) is 0 Å². The maximum absolute atomic E-state index is 13.0. The van der Waals surface area contributed by atoms with Crippen molar-refractivity contribution in [3.05, 3.63) is 58.2 Å². The lowest BCUT2D eigenvalue weighted by atomic mass is 10.1. The van der Waals surface area contributed by atoms with E-state index in [0.717, 1.165) is 22.9 Å². The van der Waals surface area contributed by atoms with Gasteiger partial charge >= 0.3 is 5.63 Å². The average Bonchev–Trinajstić information content (AvgIpc) is 3.09. The summed E-state index contributed by atoms with van der Waals surface area (Å²) in [6.07, 6.45) is 3.69. The van der Waals surface area contributed by atoms with E-state index < -0.39 is 11.7 Å². The molecule has 2 heterocycles. The van der Waals surface area contributed by atoms with Crippen LogP contribution in [0.5, 0.6) is 5.75 Å². The Kier molecular flexibility index (Phi) is 6.06. The Labute approximate surface area is 169 Å². The summed E-state index contributed by atoms with van der Waals surface area (Å²) in [7, 11) is 1.85. The first-order valence-electron chi connectivity index (χ1n) is 9.80. The van der Waals surface area contributed by atoms with Crippen molar-refractivity contribution in [2.45, 2.75) is 52.8 Å². The summed E-state index contributed by atoms with van der Waals surface area (Å²) < 4.78 is 12.9. The zero-order valence-corrected chi connectivity index (χ0v) is 17.5. The lowest BCUT2D eigenvalue weighted by molar-refractivity contribution is -0.140. The molecule has 0 N–H and O–H groups in total. The number of hydrogen-bond acceptors (Lipinski definition) is 5. The fraction of sp³-hybridized carbons (Fsp3) is 0.409. The van der Waals surface area contributed by atoms with Crippen LogP contribution >= 0.6 is 0 Å². The van der Waals surface area contributed by atoms with Crippen molar-refractivity contribution in [1.82, 2.24) is 14.7 Å². The van der Waals surface area contributed by atoms with E-state index in [2.05, 4.69) is 5.10 Å². The van der Waals surface area contributed by atoms with Gasteiger partial charge in [-0.2, -0.15) is 5.10 Å². The fourth-order valence-electron chi connectivity index (χ4n) is 3.33. The van der Waals surface area contributed by atoms with E-state index in [0.29, 0.717) is 17.9 Å². The number of nitrogens with zero attached hydrogens (tertiary/aromatic N) is 3. The number of aromatic nitrogens is 2. The molecule has 0 saturated carbocycles. The van der Waals surface area contributed by atoms with Crippen LogP contribution < -0.4 is 10.4 Å². The molecule has 1 unspecified atom stereocenters. The molecule has 0 bridgehead atoms. The molecule has 2 aromatic heterocycles. The van der Waals surface area contributed by atoms with Gasteiger partial charge in [0, 0.05) is 48.9 Å². The molecule has 7 heteroatoms. The van der Waals surface area contributed by atoms with Gasteiger partial charge in [0.2, 0.25) is 0 Å². The second kappa shape index (κ2) is 8.51. The van der Waals surface area contributed by atoms with Crippen molar-refractivity contribution in [2.75, 3.05) is 0 Å². The third-order valence-electron chi connectivity index (χ3n) is 4.86. The van der Waals surface area contributed by atoms with Crippen LogP contribution in [0.25, 0.3) is 11.0 Å². The van der Waals surface area contributed by atoms with Crippen LogP contribution in [-0.4, -0.2) is 32.7 Å². The lowest BCUT2D eigenvalue weighted by Gasteiger charge is -2.29. The average molecular weight is 397 g/mol. The van der Waals surface area contributed by atoms with Gasteiger partial charge in [0.1, 0.15) is 11.3 Å². The molecule has 0 saturated heterocycles. The number of fused-ring (bicyclic) bond motifs is 1. The quantitative estimate of drug-likeness (QED) is 0.572. The molecule has 0 fully saturated rings.